The summed E-state index contributed by atoms with van der Waals surface area (Å²) in [5, 5.41) is 0.477. The van der Waals surface area contributed by atoms with Crippen molar-refractivity contribution in [1.82, 2.24) is 9.88 Å². The molecular formula is C14H23N3OS. The van der Waals surface area contributed by atoms with Crippen molar-refractivity contribution >= 4 is 22.4 Å². The summed E-state index contributed by atoms with van der Waals surface area (Å²) < 4.78 is 0. The van der Waals surface area contributed by atoms with Gasteiger partial charge < -0.3 is 10.6 Å². The van der Waals surface area contributed by atoms with Crippen molar-refractivity contribution in [3.8, 4) is 0 Å². The van der Waals surface area contributed by atoms with Gasteiger partial charge in [-0.25, -0.2) is 4.98 Å². The maximum atomic E-state index is 12.4. The van der Waals surface area contributed by atoms with Gasteiger partial charge in [-0.05, 0) is 31.1 Å². The normalized spacial score (nSPS) is 17.8. The maximum Gasteiger partial charge on any atom is 0.265 e. The summed E-state index contributed by atoms with van der Waals surface area (Å²) in [5.74, 6) is 0.795. The molecule has 0 aromatic carbocycles. The molecule has 0 saturated carbocycles. The first-order valence-electron chi connectivity index (χ1n) is 6.81. The standard InChI is InChI=1S/C14H23N3OS/c1-9-11(19-13(15)16-9)12(18)17-7-5-10(6-8-17)14(2,3)4/h10H,5-8H2,1-4H3,(H2,15,16). The number of nitrogens with two attached hydrogens (primary N) is 1. The van der Waals surface area contributed by atoms with E-state index in [1.54, 1.807) is 0 Å². The smallest absolute Gasteiger partial charge is 0.265 e. The van der Waals surface area contributed by atoms with E-state index >= 15 is 0 Å². The van der Waals surface area contributed by atoms with Crippen LogP contribution in [0.2, 0.25) is 0 Å². The van der Waals surface area contributed by atoms with Gasteiger partial charge >= 0.3 is 0 Å². The van der Waals surface area contributed by atoms with Gasteiger partial charge in [0.1, 0.15) is 4.88 Å². The van der Waals surface area contributed by atoms with Crippen molar-refractivity contribution in [2.75, 3.05) is 18.8 Å². The van der Waals surface area contributed by atoms with Gasteiger partial charge in [0.25, 0.3) is 5.91 Å². The van der Waals surface area contributed by atoms with Crippen molar-refractivity contribution in [2.24, 2.45) is 11.3 Å². The second-order valence-corrected chi connectivity index (χ2v) is 7.43. The quantitative estimate of drug-likeness (QED) is 0.861. The Labute approximate surface area is 119 Å². The average Bonchev–Trinajstić information content (AvgIpc) is 2.66. The zero-order chi connectivity index (χ0) is 14.2. The van der Waals surface area contributed by atoms with Crippen LogP contribution < -0.4 is 5.73 Å². The van der Waals surface area contributed by atoms with E-state index in [1.807, 2.05) is 11.8 Å². The second-order valence-electron chi connectivity index (χ2n) is 6.40. The Morgan fingerprint density at radius 3 is 2.37 bits per heavy atom. The summed E-state index contributed by atoms with van der Waals surface area (Å²) in [6.07, 6.45) is 2.17. The number of likely N-dealkylation sites (tertiary alicyclic amines) is 1. The Bertz CT molecular complexity index is 468. The van der Waals surface area contributed by atoms with E-state index in [-0.39, 0.29) is 5.91 Å². The number of amides is 1. The molecule has 2 N–H and O–H groups in total. The molecule has 1 amide bonds. The topological polar surface area (TPSA) is 59.2 Å². The number of aromatic nitrogens is 1. The minimum atomic E-state index is 0.0964. The largest absolute Gasteiger partial charge is 0.375 e. The Morgan fingerprint density at radius 1 is 1.37 bits per heavy atom. The van der Waals surface area contributed by atoms with E-state index in [4.69, 9.17) is 5.73 Å². The lowest BCUT2D eigenvalue weighted by Gasteiger charge is -2.38. The fraction of sp³-hybridized carbons (Fsp3) is 0.714. The van der Waals surface area contributed by atoms with E-state index in [2.05, 4.69) is 25.8 Å². The molecule has 2 rings (SSSR count). The summed E-state index contributed by atoms with van der Waals surface area (Å²) >= 11 is 1.30. The van der Waals surface area contributed by atoms with Gasteiger partial charge in [-0.15, -0.1) is 0 Å². The van der Waals surface area contributed by atoms with Gasteiger partial charge in [0.05, 0.1) is 5.69 Å². The number of nitrogen functional groups attached to an aromatic ring is 1. The molecule has 0 radical (unpaired) electrons. The third kappa shape index (κ3) is 3.08. The Balaban J connectivity index is 2.02. The molecule has 0 bridgehead atoms. The summed E-state index contributed by atoms with van der Waals surface area (Å²) in [7, 11) is 0. The van der Waals surface area contributed by atoms with Crippen molar-refractivity contribution in [2.45, 2.75) is 40.5 Å². The van der Waals surface area contributed by atoms with E-state index in [0.29, 0.717) is 21.3 Å². The molecule has 1 aromatic rings. The number of rotatable bonds is 1. The number of piperidine rings is 1. The van der Waals surface area contributed by atoms with Crippen molar-refractivity contribution < 1.29 is 4.79 Å². The molecule has 1 aliphatic rings. The molecule has 1 saturated heterocycles. The summed E-state index contributed by atoms with van der Waals surface area (Å²) in [6.45, 7) is 10.4. The molecule has 0 unspecified atom stereocenters. The number of hydrogen-bond acceptors (Lipinski definition) is 4. The first-order chi connectivity index (χ1) is 8.79. The Kier molecular flexibility index (Phi) is 3.85. The second kappa shape index (κ2) is 5.12. The molecule has 2 heterocycles. The molecule has 0 aliphatic carbocycles. The van der Waals surface area contributed by atoms with Crippen LogP contribution in [0, 0.1) is 18.3 Å². The highest BCUT2D eigenvalue weighted by molar-refractivity contribution is 7.17. The molecular weight excluding hydrogens is 258 g/mol. The number of carbonyl (C=O) groups excluding carboxylic acids is 1. The lowest BCUT2D eigenvalue weighted by Crippen LogP contribution is -2.41. The Morgan fingerprint density at radius 2 is 1.95 bits per heavy atom. The predicted octanol–water partition coefficient (Wildman–Crippen LogP) is 2.93. The third-order valence-corrected chi connectivity index (χ3v) is 4.99. The fourth-order valence-electron chi connectivity index (χ4n) is 2.71. The van der Waals surface area contributed by atoms with Crippen molar-refractivity contribution in [1.29, 1.82) is 0 Å². The minimum absolute atomic E-state index is 0.0964. The van der Waals surface area contributed by atoms with Gasteiger partial charge in [-0.2, -0.15) is 0 Å². The molecule has 1 aromatic heterocycles. The number of nitrogens with zero attached hydrogens (tertiary/aromatic N) is 2. The number of hydrogen-bond donors (Lipinski definition) is 1. The van der Waals surface area contributed by atoms with Crippen LogP contribution in [-0.4, -0.2) is 28.9 Å². The molecule has 19 heavy (non-hydrogen) atoms. The van der Waals surface area contributed by atoms with E-state index in [9.17, 15) is 4.79 Å². The lowest BCUT2D eigenvalue weighted by molar-refractivity contribution is 0.0612. The molecule has 106 valence electrons. The average molecular weight is 281 g/mol. The third-order valence-electron chi connectivity index (χ3n) is 4.01. The van der Waals surface area contributed by atoms with Gasteiger partial charge in [0, 0.05) is 13.1 Å². The number of carbonyl (C=O) groups is 1. The van der Waals surface area contributed by atoms with Crippen LogP contribution in [0.15, 0.2) is 0 Å². The monoisotopic (exact) mass is 281 g/mol. The zero-order valence-corrected chi connectivity index (χ0v) is 13.0. The van der Waals surface area contributed by atoms with Crippen LogP contribution in [0.25, 0.3) is 0 Å². The van der Waals surface area contributed by atoms with Crippen molar-refractivity contribution in [3.63, 3.8) is 0 Å². The highest BCUT2D eigenvalue weighted by Gasteiger charge is 2.31. The first kappa shape index (κ1) is 14.3. The summed E-state index contributed by atoms with van der Waals surface area (Å²) in [4.78, 5) is 19.2. The Hall–Kier alpha value is -1.10. The molecule has 1 fully saturated rings. The van der Waals surface area contributed by atoms with Gasteiger partial charge in [0.2, 0.25) is 0 Å². The molecule has 0 spiro atoms. The highest BCUT2D eigenvalue weighted by atomic mass is 32.1. The van der Waals surface area contributed by atoms with E-state index in [1.165, 1.54) is 11.3 Å². The SMILES string of the molecule is Cc1nc(N)sc1C(=O)N1CCC(C(C)(C)C)CC1. The number of aryl methyl sites for hydroxylation is 1. The molecule has 5 heteroatoms. The van der Waals surface area contributed by atoms with Crippen molar-refractivity contribution in [3.05, 3.63) is 10.6 Å². The van der Waals surface area contributed by atoms with Gasteiger partial charge in [0.15, 0.2) is 5.13 Å². The predicted molar refractivity (Wildman–Crippen MR) is 79.3 cm³/mol. The van der Waals surface area contributed by atoms with Crippen LogP contribution >= 0.6 is 11.3 Å². The molecule has 1 aliphatic heterocycles. The lowest BCUT2D eigenvalue weighted by atomic mass is 9.75. The van der Waals surface area contributed by atoms with Crippen LogP contribution in [0.3, 0.4) is 0 Å². The van der Waals surface area contributed by atoms with Gasteiger partial charge in [-0.1, -0.05) is 32.1 Å². The molecule has 4 nitrogen and oxygen atoms in total. The van der Waals surface area contributed by atoms with Crippen LogP contribution in [0.4, 0.5) is 5.13 Å². The minimum Gasteiger partial charge on any atom is -0.375 e. The first-order valence-corrected chi connectivity index (χ1v) is 7.63. The number of thiazole rings is 1. The van der Waals surface area contributed by atoms with Gasteiger partial charge in [-0.3, -0.25) is 4.79 Å². The highest BCUT2D eigenvalue weighted by Crippen LogP contribution is 2.35. The van der Waals surface area contributed by atoms with Crippen LogP contribution in [-0.2, 0) is 0 Å². The van der Waals surface area contributed by atoms with Crippen LogP contribution in [0.5, 0.6) is 0 Å². The van der Waals surface area contributed by atoms with E-state index < -0.39 is 0 Å². The summed E-state index contributed by atoms with van der Waals surface area (Å²) in [6, 6.07) is 0. The maximum absolute atomic E-state index is 12.4. The fourth-order valence-corrected chi connectivity index (χ4v) is 3.51. The van der Waals surface area contributed by atoms with Crippen LogP contribution in [0.1, 0.15) is 49.0 Å². The zero-order valence-electron chi connectivity index (χ0n) is 12.2. The number of anilines is 1. The van der Waals surface area contributed by atoms with E-state index in [0.717, 1.165) is 31.6 Å². The molecule has 0 atom stereocenters. The summed E-state index contributed by atoms with van der Waals surface area (Å²) in [5.41, 5.74) is 6.75.